The van der Waals surface area contributed by atoms with Crippen molar-refractivity contribution >= 4 is 11.6 Å². The van der Waals surface area contributed by atoms with Crippen molar-refractivity contribution in [1.29, 1.82) is 0 Å². The second kappa shape index (κ2) is 5.28. The Morgan fingerprint density at radius 1 is 1.21 bits per heavy atom. The van der Waals surface area contributed by atoms with Crippen LogP contribution in [0, 0.1) is 11.8 Å². The van der Waals surface area contributed by atoms with Crippen LogP contribution in [0.25, 0.3) is 0 Å². The van der Waals surface area contributed by atoms with Crippen molar-refractivity contribution in [3.63, 3.8) is 0 Å². The Hall–Kier alpha value is -2.21. The minimum Gasteiger partial charge on any atom is -0.493 e. The summed E-state index contributed by atoms with van der Waals surface area (Å²) in [6, 6.07) is 4.83. The van der Waals surface area contributed by atoms with Gasteiger partial charge in [-0.1, -0.05) is 0 Å². The maximum Gasteiger partial charge on any atom is 0.229 e. The van der Waals surface area contributed by atoms with E-state index >= 15 is 0 Å². The number of ether oxygens (including phenoxy) is 3. The van der Waals surface area contributed by atoms with Crippen LogP contribution in [0.1, 0.15) is 31.2 Å². The van der Waals surface area contributed by atoms with E-state index in [1.54, 1.807) is 19.8 Å². The third-order valence-electron chi connectivity index (χ3n) is 8.76. The fourth-order valence-corrected chi connectivity index (χ4v) is 7.82. The monoisotopic (exact) mass is 394 g/mol. The maximum absolute atomic E-state index is 13.5. The summed E-state index contributed by atoms with van der Waals surface area (Å²) in [5, 5.41) is 0. The SMILES string of the molecule is COc1cc2c(cc1OC)[C@@]13CCN4C=C5CCO[C@@H]6CC(=O)N2[C@H]1[C@@H]6[C@H]5C[C@@H]43. The molecule has 152 valence electrons. The lowest BCUT2D eigenvalue weighted by molar-refractivity contribution is -0.131. The minimum atomic E-state index is -0.0416. The second-order valence-electron chi connectivity index (χ2n) is 9.46. The molecule has 1 amide bonds. The number of piperidine rings is 1. The quantitative estimate of drug-likeness (QED) is 0.771. The highest BCUT2D eigenvalue weighted by Gasteiger charge is 2.70. The van der Waals surface area contributed by atoms with Crippen LogP contribution in [0.15, 0.2) is 23.9 Å². The molecule has 0 N–H and O–H groups in total. The van der Waals surface area contributed by atoms with E-state index in [1.807, 2.05) is 6.07 Å². The van der Waals surface area contributed by atoms with Gasteiger partial charge < -0.3 is 24.0 Å². The number of nitrogens with zero attached hydrogens (tertiary/aromatic N) is 2. The fraction of sp³-hybridized carbons (Fsp3) is 0.609. The zero-order valence-corrected chi connectivity index (χ0v) is 16.9. The number of anilines is 1. The predicted molar refractivity (Wildman–Crippen MR) is 106 cm³/mol. The zero-order valence-electron chi connectivity index (χ0n) is 16.9. The number of amides is 1. The van der Waals surface area contributed by atoms with Crippen LogP contribution < -0.4 is 14.4 Å². The van der Waals surface area contributed by atoms with Gasteiger partial charge in [0.25, 0.3) is 0 Å². The van der Waals surface area contributed by atoms with Crippen molar-refractivity contribution in [1.82, 2.24) is 4.90 Å². The van der Waals surface area contributed by atoms with E-state index in [0.29, 0.717) is 30.0 Å². The number of carbonyl (C=O) groups is 1. The molecule has 6 heteroatoms. The number of fused-ring (bicyclic) bond motifs is 2. The average molecular weight is 394 g/mol. The van der Waals surface area contributed by atoms with E-state index in [4.69, 9.17) is 14.2 Å². The van der Waals surface area contributed by atoms with E-state index in [9.17, 15) is 4.79 Å². The molecule has 5 heterocycles. The van der Waals surface area contributed by atoms with Crippen LogP contribution in [0.2, 0.25) is 0 Å². The lowest BCUT2D eigenvalue weighted by Gasteiger charge is -2.57. The second-order valence-corrected chi connectivity index (χ2v) is 9.46. The van der Waals surface area contributed by atoms with E-state index in [-0.39, 0.29) is 23.5 Å². The molecule has 6 atom stereocenters. The predicted octanol–water partition coefficient (Wildman–Crippen LogP) is 2.46. The first kappa shape index (κ1) is 16.6. The van der Waals surface area contributed by atoms with Gasteiger partial charge in [0.1, 0.15) is 0 Å². The molecule has 0 unspecified atom stereocenters. The molecule has 7 rings (SSSR count). The van der Waals surface area contributed by atoms with E-state index in [0.717, 1.165) is 37.4 Å². The highest BCUT2D eigenvalue weighted by atomic mass is 16.5. The number of benzene rings is 1. The molecule has 6 nitrogen and oxygen atoms in total. The summed E-state index contributed by atoms with van der Waals surface area (Å²) in [7, 11) is 3.36. The highest BCUT2D eigenvalue weighted by Crippen LogP contribution is 2.66. The Balaban J connectivity index is 1.53. The largest absolute Gasteiger partial charge is 0.493 e. The summed E-state index contributed by atoms with van der Waals surface area (Å²) in [5.74, 6) is 2.57. The van der Waals surface area contributed by atoms with E-state index < -0.39 is 0 Å². The fourth-order valence-electron chi connectivity index (χ4n) is 7.82. The minimum absolute atomic E-state index is 0.0416. The first-order valence-corrected chi connectivity index (χ1v) is 10.8. The van der Waals surface area contributed by atoms with Crippen molar-refractivity contribution in [2.75, 3.05) is 32.3 Å². The number of hydrogen-bond donors (Lipinski definition) is 0. The summed E-state index contributed by atoms with van der Waals surface area (Å²) in [6.07, 6.45) is 6.25. The van der Waals surface area contributed by atoms with Crippen LogP contribution in [0.4, 0.5) is 5.69 Å². The molecule has 1 aromatic rings. The van der Waals surface area contributed by atoms with E-state index in [1.165, 1.54) is 12.0 Å². The average Bonchev–Trinajstić information content (AvgIpc) is 3.20. The number of carbonyl (C=O) groups excluding carboxylic acids is 1. The van der Waals surface area contributed by atoms with Crippen LogP contribution in [0.5, 0.6) is 11.5 Å². The summed E-state index contributed by atoms with van der Waals surface area (Å²) in [6.45, 7) is 1.80. The van der Waals surface area contributed by atoms with Crippen molar-refractivity contribution in [3.05, 3.63) is 29.5 Å². The molecule has 0 aromatic heterocycles. The van der Waals surface area contributed by atoms with Gasteiger partial charge in [0.05, 0.1) is 45.1 Å². The van der Waals surface area contributed by atoms with Gasteiger partial charge >= 0.3 is 0 Å². The van der Waals surface area contributed by atoms with Gasteiger partial charge in [0, 0.05) is 30.0 Å². The summed E-state index contributed by atoms with van der Waals surface area (Å²) in [4.78, 5) is 18.2. The van der Waals surface area contributed by atoms with Crippen molar-refractivity contribution < 1.29 is 19.0 Å². The molecule has 0 radical (unpaired) electrons. The van der Waals surface area contributed by atoms with Gasteiger partial charge in [-0.05, 0) is 48.6 Å². The van der Waals surface area contributed by atoms with Gasteiger partial charge in [0.2, 0.25) is 5.91 Å². The number of rotatable bonds is 2. The zero-order chi connectivity index (χ0) is 19.5. The van der Waals surface area contributed by atoms with Crippen LogP contribution >= 0.6 is 0 Å². The molecule has 29 heavy (non-hydrogen) atoms. The number of hydrogen-bond acceptors (Lipinski definition) is 5. The molecule has 2 bridgehead atoms. The summed E-state index contributed by atoms with van der Waals surface area (Å²) >= 11 is 0. The van der Waals surface area contributed by atoms with Gasteiger partial charge in [-0.25, -0.2) is 0 Å². The molecule has 1 spiro atoms. The van der Waals surface area contributed by atoms with Gasteiger partial charge in [-0.3, -0.25) is 4.79 Å². The Labute approximate surface area is 170 Å². The number of methoxy groups -OCH3 is 2. The van der Waals surface area contributed by atoms with Crippen LogP contribution in [0.3, 0.4) is 0 Å². The maximum atomic E-state index is 13.5. The molecule has 3 saturated heterocycles. The Morgan fingerprint density at radius 2 is 2.03 bits per heavy atom. The van der Waals surface area contributed by atoms with Crippen LogP contribution in [-0.4, -0.2) is 56.4 Å². The van der Waals surface area contributed by atoms with Crippen molar-refractivity contribution in [2.45, 2.75) is 49.3 Å². The highest BCUT2D eigenvalue weighted by molar-refractivity contribution is 5.99. The lowest BCUT2D eigenvalue weighted by Crippen LogP contribution is -2.68. The molecule has 4 fully saturated rings. The molecular formula is C23H26N2O4. The van der Waals surface area contributed by atoms with Gasteiger partial charge in [0.15, 0.2) is 11.5 Å². The van der Waals surface area contributed by atoms with Crippen molar-refractivity contribution in [3.8, 4) is 11.5 Å². The van der Waals surface area contributed by atoms with Crippen molar-refractivity contribution in [2.24, 2.45) is 11.8 Å². The molecule has 1 saturated carbocycles. The van der Waals surface area contributed by atoms with Gasteiger partial charge in [-0.2, -0.15) is 0 Å². The van der Waals surface area contributed by atoms with E-state index in [2.05, 4.69) is 22.1 Å². The Kier molecular flexibility index (Phi) is 3.02. The normalized spacial score (nSPS) is 40.4. The molecule has 1 aromatic carbocycles. The van der Waals surface area contributed by atoms with Crippen LogP contribution in [-0.2, 0) is 14.9 Å². The first-order chi connectivity index (χ1) is 14.2. The lowest BCUT2D eigenvalue weighted by atomic mass is 9.54. The third kappa shape index (κ3) is 1.73. The first-order valence-electron chi connectivity index (χ1n) is 10.8. The molecule has 5 aliphatic heterocycles. The third-order valence-corrected chi connectivity index (χ3v) is 8.76. The molecule has 6 aliphatic rings. The topological polar surface area (TPSA) is 51.2 Å². The molecule has 1 aliphatic carbocycles. The van der Waals surface area contributed by atoms with Gasteiger partial charge in [-0.15, -0.1) is 0 Å². The Morgan fingerprint density at radius 3 is 2.86 bits per heavy atom. The Bertz CT molecular complexity index is 974. The molecular weight excluding hydrogens is 368 g/mol. The summed E-state index contributed by atoms with van der Waals surface area (Å²) in [5.41, 5.74) is 3.82. The summed E-state index contributed by atoms with van der Waals surface area (Å²) < 4.78 is 17.6. The smallest absolute Gasteiger partial charge is 0.229 e. The standard InChI is InChI=1S/C23H26N2O4/c1-27-16-8-14-15(9-17(16)28-2)25-20(26)10-18-21-13-7-19-23(14,22(21)25)4-5-24(19)11-12(13)3-6-29-18/h8-9,11,13,18-19,21-22H,3-7,10H2,1-2H3/t13-,18+,19+,21+,22-,23+/m0/s1.